The highest BCUT2D eigenvalue weighted by molar-refractivity contribution is 7.72. The molecule has 106 valence electrons. The highest BCUT2D eigenvalue weighted by atomic mass is 35.5. The number of hydrogen-bond acceptors (Lipinski definition) is 4. The van der Waals surface area contributed by atoms with Crippen LogP contribution >= 0.6 is 26.8 Å². The van der Waals surface area contributed by atoms with E-state index in [0.29, 0.717) is 5.03 Å². The van der Waals surface area contributed by atoms with Crippen LogP contribution in [0.4, 0.5) is 0 Å². The highest BCUT2D eigenvalue weighted by Gasteiger charge is 2.62. The molecule has 0 aromatic rings. The number of fused-ring (bicyclic) bond motifs is 1. The van der Waals surface area contributed by atoms with Crippen LogP contribution in [0.1, 0.15) is 6.42 Å². The molecular weight excluding hydrogens is 317 g/mol. The van der Waals surface area contributed by atoms with Gasteiger partial charge in [-0.1, -0.05) is 11.6 Å². The zero-order valence-electron chi connectivity index (χ0n) is 9.42. The van der Waals surface area contributed by atoms with Crippen LogP contribution in [0.25, 0.3) is 0 Å². The maximum absolute atomic E-state index is 11.5. The van der Waals surface area contributed by atoms with Gasteiger partial charge >= 0.3 is 15.2 Å². The molecule has 0 bridgehead atoms. The second-order valence-electron chi connectivity index (χ2n) is 4.12. The van der Waals surface area contributed by atoms with Gasteiger partial charge in [0.2, 0.25) is 0 Å². The van der Waals surface area contributed by atoms with E-state index in [9.17, 15) is 28.7 Å². The van der Waals surface area contributed by atoms with Crippen LogP contribution in [-0.4, -0.2) is 41.9 Å². The highest BCUT2D eigenvalue weighted by Crippen LogP contribution is 2.72. The van der Waals surface area contributed by atoms with E-state index in [1.54, 1.807) is 0 Å². The second kappa shape index (κ2) is 4.53. The number of allylic oxidation sites excluding steroid dienone is 2. The molecule has 8 nitrogen and oxygen atoms in total. The zero-order chi connectivity index (χ0) is 14.5. The Labute approximate surface area is 113 Å². The molecule has 0 saturated carbocycles. The Kier molecular flexibility index (Phi) is 3.56. The molecule has 0 aliphatic carbocycles. The summed E-state index contributed by atoms with van der Waals surface area (Å²) in [5, 5.41) is -2.33. The molecule has 0 unspecified atom stereocenters. The van der Waals surface area contributed by atoms with Crippen LogP contribution in [0.15, 0.2) is 28.4 Å². The monoisotopic (exact) mass is 328 g/mol. The minimum atomic E-state index is -5.14. The van der Waals surface area contributed by atoms with Gasteiger partial charge in [-0.15, -0.1) is 0 Å². The molecule has 0 saturated heterocycles. The number of amidine groups is 1. The summed E-state index contributed by atoms with van der Waals surface area (Å²) in [7, 11) is -10.3. The molecule has 0 aromatic carbocycles. The third-order valence-electron chi connectivity index (χ3n) is 2.88. The van der Waals surface area contributed by atoms with Gasteiger partial charge in [0.1, 0.15) is 5.84 Å². The average Bonchev–Trinajstić information content (AvgIpc) is 2.25. The Morgan fingerprint density at radius 1 is 1.21 bits per heavy atom. The standard InChI is InChI=1S/C8H11ClN2O6P2/c9-6-1-2-7-10-8(18(12,13)14,19(15,16)17)3-4-11(7)5-6/h1-2,5H,3-4H2,(H2,12,13,14)(H2,15,16,17). The average molecular weight is 329 g/mol. The largest absolute Gasteiger partial charge is 0.365 e. The molecule has 0 amide bonds. The van der Waals surface area contributed by atoms with Gasteiger partial charge in [-0.25, -0.2) is 4.99 Å². The molecule has 0 radical (unpaired) electrons. The van der Waals surface area contributed by atoms with Crippen molar-refractivity contribution in [1.29, 1.82) is 0 Å². The molecule has 2 rings (SSSR count). The predicted molar refractivity (Wildman–Crippen MR) is 68.7 cm³/mol. The van der Waals surface area contributed by atoms with Crippen molar-refractivity contribution in [3.63, 3.8) is 0 Å². The van der Waals surface area contributed by atoms with Crippen LogP contribution < -0.4 is 0 Å². The van der Waals surface area contributed by atoms with Gasteiger partial charge in [-0.2, -0.15) is 0 Å². The van der Waals surface area contributed by atoms with E-state index in [1.807, 2.05) is 0 Å². The number of aliphatic imine (C=N–C) groups is 1. The molecule has 2 heterocycles. The van der Waals surface area contributed by atoms with Crippen LogP contribution in [0, 0.1) is 0 Å². The lowest BCUT2D eigenvalue weighted by atomic mass is 10.2. The van der Waals surface area contributed by atoms with Gasteiger partial charge in [-0.05, 0) is 12.2 Å². The van der Waals surface area contributed by atoms with Crippen LogP contribution in [-0.2, 0) is 9.13 Å². The zero-order valence-corrected chi connectivity index (χ0v) is 12.0. The summed E-state index contributed by atoms with van der Waals surface area (Å²) in [5.41, 5.74) is 0. The van der Waals surface area contributed by atoms with E-state index < -0.39 is 26.6 Å². The van der Waals surface area contributed by atoms with Gasteiger partial charge in [0, 0.05) is 19.2 Å². The Morgan fingerprint density at radius 3 is 2.32 bits per heavy atom. The lowest BCUT2D eigenvalue weighted by Crippen LogP contribution is -2.42. The second-order valence-corrected chi connectivity index (χ2v) is 8.57. The molecule has 4 N–H and O–H groups in total. The van der Waals surface area contributed by atoms with Crippen LogP contribution in [0.3, 0.4) is 0 Å². The quantitative estimate of drug-likeness (QED) is 0.550. The first-order valence-electron chi connectivity index (χ1n) is 5.10. The van der Waals surface area contributed by atoms with Gasteiger partial charge in [0.15, 0.2) is 0 Å². The minimum Gasteiger partial charge on any atom is -0.332 e. The molecular formula is C8H11ClN2O6P2. The summed E-state index contributed by atoms with van der Waals surface area (Å²) in [6.45, 7) is -0.00435. The van der Waals surface area contributed by atoms with Crippen molar-refractivity contribution < 1.29 is 28.7 Å². The maximum Gasteiger partial charge on any atom is 0.365 e. The summed E-state index contributed by atoms with van der Waals surface area (Å²) in [6.07, 6.45) is 3.77. The summed E-state index contributed by atoms with van der Waals surface area (Å²) < 4.78 is 23.0. The molecule has 2 aliphatic rings. The van der Waals surface area contributed by atoms with Crippen molar-refractivity contribution in [2.45, 2.75) is 11.4 Å². The van der Waals surface area contributed by atoms with Gasteiger partial charge < -0.3 is 24.5 Å². The molecule has 2 aliphatic heterocycles. The van der Waals surface area contributed by atoms with E-state index in [-0.39, 0.29) is 12.4 Å². The van der Waals surface area contributed by atoms with Gasteiger partial charge in [0.25, 0.3) is 5.02 Å². The first-order chi connectivity index (χ1) is 8.57. The lowest BCUT2D eigenvalue weighted by Gasteiger charge is -2.38. The Morgan fingerprint density at radius 2 is 1.79 bits per heavy atom. The molecule has 0 atom stereocenters. The Hall–Kier alpha value is -0.460. The fourth-order valence-electron chi connectivity index (χ4n) is 1.89. The van der Waals surface area contributed by atoms with E-state index in [4.69, 9.17) is 11.6 Å². The SMILES string of the molecule is O=P(O)(O)C1(P(=O)(O)O)CCN2C=C(Cl)C=CC2=N1. The molecule has 0 fully saturated rings. The van der Waals surface area contributed by atoms with Crippen LogP contribution in [0.5, 0.6) is 0 Å². The Bertz CT molecular complexity index is 566. The van der Waals surface area contributed by atoms with Gasteiger partial charge in [0.05, 0.1) is 5.03 Å². The molecule has 0 spiro atoms. The van der Waals surface area contributed by atoms with Crippen molar-refractivity contribution >= 4 is 32.6 Å². The lowest BCUT2D eigenvalue weighted by molar-refractivity contribution is 0.290. The minimum absolute atomic E-state index is 0.00435. The van der Waals surface area contributed by atoms with Gasteiger partial charge in [-0.3, -0.25) is 9.13 Å². The topological polar surface area (TPSA) is 131 Å². The molecule has 19 heavy (non-hydrogen) atoms. The fourth-order valence-corrected chi connectivity index (χ4v) is 4.68. The summed E-state index contributed by atoms with van der Waals surface area (Å²) in [4.78, 5) is 42.3. The first kappa shape index (κ1) is 14.9. The van der Waals surface area contributed by atoms with Crippen molar-refractivity contribution in [2.24, 2.45) is 4.99 Å². The number of halogens is 1. The fraction of sp³-hybridized carbons (Fsp3) is 0.375. The van der Waals surface area contributed by atoms with E-state index >= 15 is 0 Å². The number of hydrogen-bond donors (Lipinski definition) is 4. The smallest absolute Gasteiger partial charge is 0.332 e. The van der Waals surface area contributed by atoms with E-state index in [0.717, 1.165) is 0 Å². The van der Waals surface area contributed by atoms with Crippen molar-refractivity contribution in [2.75, 3.05) is 6.54 Å². The number of rotatable bonds is 2. The third-order valence-corrected chi connectivity index (χ3v) is 7.18. The molecule has 11 heteroatoms. The van der Waals surface area contributed by atoms with Crippen LogP contribution in [0.2, 0.25) is 0 Å². The summed E-state index contributed by atoms with van der Waals surface area (Å²) >= 11 is 5.76. The first-order valence-corrected chi connectivity index (χ1v) is 8.70. The normalized spacial score (nSPS) is 22.7. The Balaban J connectivity index is 2.58. The van der Waals surface area contributed by atoms with Crippen molar-refractivity contribution in [3.8, 4) is 0 Å². The van der Waals surface area contributed by atoms with Crippen molar-refractivity contribution in [1.82, 2.24) is 4.90 Å². The summed E-state index contributed by atoms with van der Waals surface area (Å²) in [6, 6.07) is 0. The van der Waals surface area contributed by atoms with Crippen molar-refractivity contribution in [3.05, 3.63) is 23.4 Å². The van der Waals surface area contributed by atoms with E-state index in [2.05, 4.69) is 4.99 Å². The predicted octanol–water partition coefficient (Wildman–Crippen LogP) is 0.750. The maximum atomic E-state index is 11.5. The molecule has 0 aromatic heterocycles. The number of nitrogens with zero attached hydrogens (tertiary/aromatic N) is 2. The van der Waals surface area contributed by atoms with E-state index in [1.165, 1.54) is 23.3 Å². The third kappa shape index (κ3) is 2.45. The summed E-state index contributed by atoms with van der Waals surface area (Å²) in [5.74, 6) is 0.0577.